The van der Waals surface area contributed by atoms with Crippen LogP contribution in [-0.2, 0) is 4.79 Å². The van der Waals surface area contributed by atoms with Crippen molar-refractivity contribution in [1.29, 1.82) is 0 Å². The predicted molar refractivity (Wildman–Crippen MR) is 66.9 cm³/mol. The van der Waals surface area contributed by atoms with Gasteiger partial charge in [-0.25, -0.2) is 9.59 Å². The molecule has 0 heterocycles. The molecule has 0 radical (unpaired) electrons. The molecule has 0 bridgehead atoms. The van der Waals surface area contributed by atoms with E-state index in [-0.39, 0.29) is 0 Å². The molecule has 0 saturated heterocycles. The van der Waals surface area contributed by atoms with E-state index < -0.39 is 23.5 Å². The molecule has 0 aromatic carbocycles. The number of rotatable bonds is 6. The molecule has 0 fully saturated rings. The Labute approximate surface area is 103 Å². The molecule has 0 aliphatic heterocycles. The molecule has 17 heavy (non-hydrogen) atoms. The van der Waals surface area contributed by atoms with Gasteiger partial charge in [0.25, 0.3) is 0 Å². The summed E-state index contributed by atoms with van der Waals surface area (Å²) in [6.07, 6.45) is 3.06. The quantitative estimate of drug-likeness (QED) is 0.625. The van der Waals surface area contributed by atoms with Crippen molar-refractivity contribution in [3.05, 3.63) is 0 Å². The van der Waals surface area contributed by atoms with Crippen LogP contribution in [0, 0.1) is 5.41 Å². The van der Waals surface area contributed by atoms with Gasteiger partial charge in [0, 0.05) is 6.54 Å². The van der Waals surface area contributed by atoms with Crippen LogP contribution in [0.5, 0.6) is 0 Å². The Bertz CT molecular complexity index is 259. The zero-order chi connectivity index (χ0) is 13.5. The van der Waals surface area contributed by atoms with Crippen LogP contribution in [0.2, 0.25) is 0 Å². The van der Waals surface area contributed by atoms with Crippen molar-refractivity contribution in [2.24, 2.45) is 5.41 Å². The molecule has 2 amide bonds. The van der Waals surface area contributed by atoms with E-state index in [1.807, 2.05) is 0 Å². The first-order valence-corrected chi connectivity index (χ1v) is 6.06. The SMILES string of the molecule is CCCCCNC(=O)N[C@H](C(=O)O)C(C)(C)C. The molecule has 5 heteroatoms. The molecular weight excluding hydrogens is 220 g/mol. The highest BCUT2D eigenvalue weighted by atomic mass is 16.4. The zero-order valence-corrected chi connectivity index (χ0v) is 11.2. The number of carboxylic acids is 1. The maximum Gasteiger partial charge on any atom is 0.326 e. The highest BCUT2D eigenvalue weighted by molar-refractivity contribution is 5.83. The standard InChI is InChI=1S/C12H24N2O3/c1-5-6-7-8-13-11(17)14-9(10(15)16)12(2,3)4/h9H,5-8H2,1-4H3,(H,15,16)(H2,13,14,17)/t9-/m1/s1. The lowest BCUT2D eigenvalue weighted by Crippen LogP contribution is -2.52. The molecule has 5 nitrogen and oxygen atoms in total. The van der Waals surface area contributed by atoms with Gasteiger partial charge in [-0.05, 0) is 11.8 Å². The van der Waals surface area contributed by atoms with Gasteiger partial charge in [-0.15, -0.1) is 0 Å². The minimum Gasteiger partial charge on any atom is -0.480 e. The minimum absolute atomic E-state index is 0.413. The van der Waals surface area contributed by atoms with E-state index >= 15 is 0 Å². The van der Waals surface area contributed by atoms with Gasteiger partial charge in [0.1, 0.15) is 6.04 Å². The van der Waals surface area contributed by atoms with E-state index in [1.54, 1.807) is 20.8 Å². The molecule has 0 spiro atoms. The van der Waals surface area contributed by atoms with Gasteiger partial charge in [-0.2, -0.15) is 0 Å². The third-order valence-electron chi connectivity index (χ3n) is 2.45. The second-order valence-corrected chi connectivity index (χ2v) is 5.24. The van der Waals surface area contributed by atoms with Crippen LogP contribution in [-0.4, -0.2) is 29.7 Å². The van der Waals surface area contributed by atoms with E-state index in [4.69, 9.17) is 5.11 Å². The summed E-state index contributed by atoms with van der Waals surface area (Å²) in [6, 6.07) is -1.29. The van der Waals surface area contributed by atoms with Crippen molar-refractivity contribution in [3.63, 3.8) is 0 Å². The average molecular weight is 244 g/mol. The van der Waals surface area contributed by atoms with Gasteiger partial charge < -0.3 is 15.7 Å². The number of carbonyl (C=O) groups excluding carboxylic acids is 1. The molecule has 0 saturated carbocycles. The van der Waals surface area contributed by atoms with Gasteiger partial charge in [0.2, 0.25) is 0 Å². The van der Waals surface area contributed by atoms with Gasteiger partial charge in [0.15, 0.2) is 0 Å². The Kier molecular flexibility index (Phi) is 6.61. The summed E-state index contributed by atoms with van der Waals surface area (Å²) in [5.74, 6) is -1.01. The topological polar surface area (TPSA) is 78.4 Å². The fourth-order valence-corrected chi connectivity index (χ4v) is 1.41. The summed E-state index contributed by atoms with van der Waals surface area (Å²) in [7, 11) is 0. The molecule has 0 unspecified atom stereocenters. The van der Waals surface area contributed by atoms with Gasteiger partial charge >= 0.3 is 12.0 Å². The van der Waals surface area contributed by atoms with Crippen molar-refractivity contribution in [2.45, 2.75) is 53.0 Å². The van der Waals surface area contributed by atoms with Crippen LogP contribution in [0.4, 0.5) is 4.79 Å². The van der Waals surface area contributed by atoms with E-state index in [9.17, 15) is 9.59 Å². The highest BCUT2D eigenvalue weighted by Gasteiger charge is 2.32. The van der Waals surface area contributed by atoms with Crippen molar-refractivity contribution in [1.82, 2.24) is 10.6 Å². The Morgan fingerprint density at radius 3 is 2.24 bits per heavy atom. The first-order valence-electron chi connectivity index (χ1n) is 6.06. The third-order valence-corrected chi connectivity index (χ3v) is 2.45. The molecule has 0 rings (SSSR count). The van der Waals surface area contributed by atoms with Crippen molar-refractivity contribution in [2.75, 3.05) is 6.54 Å². The Balaban J connectivity index is 4.11. The van der Waals surface area contributed by atoms with E-state index in [0.717, 1.165) is 19.3 Å². The fourth-order valence-electron chi connectivity index (χ4n) is 1.41. The summed E-state index contributed by atoms with van der Waals surface area (Å²) >= 11 is 0. The monoisotopic (exact) mass is 244 g/mol. The number of urea groups is 1. The molecule has 3 N–H and O–H groups in total. The maximum atomic E-state index is 11.5. The normalized spacial score (nSPS) is 12.9. The smallest absolute Gasteiger partial charge is 0.326 e. The number of hydrogen-bond acceptors (Lipinski definition) is 2. The molecule has 0 aromatic rings. The van der Waals surface area contributed by atoms with Crippen LogP contribution in [0.15, 0.2) is 0 Å². The summed E-state index contributed by atoms with van der Waals surface area (Å²) in [5, 5.41) is 14.2. The fraction of sp³-hybridized carbons (Fsp3) is 0.833. The summed E-state index contributed by atoms with van der Waals surface area (Å²) in [4.78, 5) is 22.5. The van der Waals surface area contributed by atoms with Crippen LogP contribution in [0.1, 0.15) is 47.0 Å². The lowest BCUT2D eigenvalue weighted by Gasteiger charge is -2.27. The van der Waals surface area contributed by atoms with Crippen LogP contribution >= 0.6 is 0 Å². The van der Waals surface area contributed by atoms with Gasteiger partial charge in [0.05, 0.1) is 0 Å². The van der Waals surface area contributed by atoms with Crippen LogP contribution in [0.3, 0.4) is 0 Å². The third kappa shape index (κ3) is 6.81. The molecular formula is C12H24N2O3. The number of amides is 2. The summed E-state index contributed by atoms with van der Waals surface area (Å²) < 4.78 is 0. The molecule has 100 valence electrons. The Morgan fingerprint density at radius 1 is 1.24 bits per heavy atom. The number of carboxylic acid groups (broad SMARTS) is 1. The number of unbranched alkanes of at least 4 members (excludes halogenated alkanes) is 2. The molecule has 0 aromatic heterocycles. The number of carbonyl (C=O) groups is 2. The average Bonchev–Trinajstić information content (AvgIpc) is 2.19. The van der Waals surface area contributed by atoms with Crippen molar-refractivity contribution < 1.29 is 14.7 Å². The Hall–Kier alpha value is -1.26. The molecule has 0 aliphatic carbocycles. The van der Waals surface area contributed by atoms with E-state index in [2.05, 4.69) is 17.6 Å². The number of nitrogens with one attached hydrogen (secondary N) is 2. The highest BCUT2D eigenvalue weighted by Crippen LogP contribution is 2.19. The lowest BCUT2D eigenvalue weighted by atomic mass is 9.87. The van der Waals surface area contributed by atoms with Gasteiger partial charge in [-0.1, -0.05) is 40.5 Å². The van der Waals surface area contributed by atoms with Crippen LogP contribution in [0.25, 0.3) is 0 Å². The first-order chi connectivity index (χ1) is 7.79. The van der Waals surface area contributed by atoms with Crippen molar-refractivity contribution in [3.8, 4) is 0 Å². The zero-order valence-electron chi connectivity index (χ0n) is 11.2. The van der Waals surface area contributed by atoms with E-state index in [0.29, 0.717) is 6.54 Å². The second kappa shape index (κ2) is 7.14. The molecule has 1 atom stereocenters. The Morgan fingerprint density at radius 2 is 1.82 bits per heavy atom. The lowest BCUT2D eigenvalue weighted by molar-refractivity contribution is -0.141. The van der Waals surface area contributed by atoms with Crippen molar-refractivity contribution >= 4 is 12.0 Å². The second-order valence-electron chi connectivity index (χ2n) is 5.24. The number of hydrogen-bond donors (Lipinski definition) is 3. The van der Waals surface area contributed by atoms with Crippen LogP contribution < -0.4 is 10.6 Å². The first kappa shape index (κ1) is 15.7. The predicted octanol–water partition coefficient (Wildman–Crippen LogP) is 1.98. The van der Waals surface area contributed by atoms with Gasteiger partial charge in [-0.3, -0.25) is 0 Å². The number of aliphatic carboxylic acids is 1. The summed E-state index contributed by atoms with van der Waals surface area (Å²) in [5.41, 5.74) is -0.507. The largest absolute Gasteiger partial charge is 0.480 e. The summed E-state index contributed by atoms with van der Waals surface area (Å²) in [6.45, 7) is 8.01. The minimum atomic E-state index is -1.01. The van der Waals surface area contributed by atoms with E-state index in [1.165, 1.54) is 0 Å². The molecule has 0 aliphatic rings. The maximum absolute atomic E-state index is 11.5.